The van der Waals surface area contributed by atoms with E-state index in [1.807, 2.05) is 0 Å². The molecule has 0 radical (unpaired) electrons. The second kappa shape index (κ2) is 5.30. The van der Waals surface area contributed by atoms with Gasteiger partial charge in [0.05, 0.1) is 10.9 Å². The highest BCUT2D eigenvalue weighted by Gasteiger charge is 2.21. The van der Waals surface area contributed by atoms with Gasteiger partial charge in [0.1, 0.15) is 0 Å². The first-order chi connectivity index (χ1) is 7.31. The van der Waals surface area contributed by atoms with Crippen molar-refractivity contribution in [1.29, 1.82) is 0 Å². The van der Waals surface area contributed by atoms with E-state index in [0.29, 0.717) is 6.04 Å². The third-order valence-corrected chi connectivity index (χ3v) is 4.12. The molecular formula is C11H16ClNOS. The van der Waals surface area contributed by atoms with Crippen LogP contribution < -0.4 is 5.32 Å². The van der Waals surface area contributed by atoms with Crippen molar-refractivity contribution in [3.63, 3.8) is 0 Å². The Bertz CT molecular complexity index is 326. The number of aryl methyl sites for hydroxylation is 1. The van der Waals surface area contributed by atoms with Gasteiger partial charge in [0.25, 0.3) is 0 Å². The van der Waals surface area contributed by atoms with Gasteiger partial charge in [-0.15, -0.1) is 11.3 Å². The van der Waals surface area contributed by atoms with Crippen LogP contribution in [0.15, 0.2) is 6.07 Å². The summed E-state index contributed by atoms with van der Waals surface area (Å²) < 4.78 is 5.96. The SMILES string of the molecule is COCCNC1CCCc2sc(Cl)cc21. The Labute approximate surface area is 99.6 Å². The average Bonchev–Trinajstić information content (AvgIpc) is 2.59. The van der Waals surface area contributed by atoms with Crippen molar-refractivity contribution in [3.05, 3.63) is 20.8 Å². The molecule has 0 aliphatic heterocycles. The predicted octanol–water partition coefficient (Wildman–Crippen LogP) is 3.01. The fourth-order valence-electron chi connectivity index (χ4n) is 2.07. The minimum Gasteiger partial charge on any atom is -0.383 e. The summed E-state index contributed by atoms with van der Waals surface area (Å²) in [5.74, 6) is 0. The van der Waals surface area contributed by atoms with E-state index < -0.39 is 0 Å². The summed E-state index contributed by atoms with van der Waals surface area (Å²) in [7, 11) is 1.73. The number of hydrogen-bond acceptors (Lipinski definition) is 3. The molecule has 84 valence electrons. The molecule has 1 aliphatic carbocycles. The highest BCUT2D eigenvalue weighted by atomic mass is 35.5. The summed E-state index contributed by atoms with van der Waals surface area (Å²) in [6, 6.07) is 2.60. The zero-order chi connectivity index (χ0) is 10.7. The molecule has 0 bridgehead atoms. The Morgan fingerprint density at radius 3 is 3.33 bits per heavy atom. The van der Waals surface area contributed by atoms with Gasteiger partial charge in [0.2, 0.25) is 0 Å². The summed E-state index contributed by atoms with van der Waals surface area (Å²) in [6.45, 7) is 1.68. The van der Waals surface area contributed by atoms with Crippen LogP contribution in [0.25, 0.3) is 0 Å². The van der Waals surface area contributed by atoms with Gasteiger partial charge in [-0.25, -0.2) is 0 Å². The highest BCUT2D eigenvalue weighted by Crippen LogP contribution is 2.37. The summed E-state index contributed by atoms with van der Waals surface area (Å²) >= 11 is 7.77. The van der Waals surface area contributed by atoms with E-state index in [1.165, 1.54) is 29.7 Å². The van der Waals surface area contributed by atoms with Gasteiger partial charge in [-0.3, -0.25) is 0 Å². The zero-order valence-corrected chi connectivity index (χ0v) is 10.5. The van der Waals surface area contributed by atoms with E-state index in [-0.39, 0.29) is 0 Å². The maximum absolute atomic E-state index is 6.04. The first kappa shape index (κ1) is 11.4. The highest BCUT2D eigenvalue weighted by molar-refractivity contribution is 7.16. The molecule has 4 heteroatoms. The van der Waals surface area contributed by atoms with E-state index in [4.69, 9.17) is 16.3 Å². The standard InChI is InChI=1S/C11H16ClNOS/c1-14-6-5-13-9-3-2-4-10-8(9)7-11(12)15-10/h7,9,13H,2-6H2,1H3. The average molecular weight is 246 g/mol. The van der Waals surface area contributed by atoms with Crippen molar-refractivity contribution in [1.82, 2.24) is 5.32 Å². The maximum atomic E-state index is 6.04. The number of nitrogens with one attached hydrogen (secondary N) is 1. The van der Waals surface area contributed by atoms with Gasteiger partial charge in [0, 0.05) is 24.6 Å². The van der Waals surface area contributed by atoms with Gasteiger partial charge >= 0.3 is 0 Å². The normalized spacial score (nSPS) is 20.3. The van der Waals surface area contributed by atoms with Crippen molar-refractivity contribution in [3.8, 4) is 0 Å². The Balaban J connectivity index is 2.01. The van der Waals surface area contributed by atoms with Crippen LogP contribution in [0.5, 0.6) is 0 Å². The lowest BCUT2D eigenvalue weighted by atomic mass is 9.94. The van der Waals surface area contributed by atoms with Crippen LogP contribution in [0, 0.1) is 0 Å². The number of hydrogen-bond donors (Lipinski definition) is 1. The molecule has 1 unspecified atom stereocenters. The molecule has 0 spiro atoms. The van der Waals surface area contributed by atoms with Gasteiger partial charge in [-0.05, 0) is 30.9 Å². The molecule has 1 aliphatic rings. The number of methoxy groups -OCH3 is 1. The molecule has 0 fully saturated rings. The molecular weight excluding hydrogens is 230 g/mol. The van der Waals surface area contributed by atoms with Crippen LogP contribution in [0.2, 0.25) is 4.34 Å². The maximum Gasteiger partial charge on any atom is 0.0934 e. The van der Waals surface area contributed by atoms with E-state index in [1.54, 1.807) is 18.4 Å². The third kappa shape index (κ3) is 2.72. The molecule has 1 aromatic rings. The van der Waals surface area contributed by atoms with Gasteiger partial charge in [-0.2, -0.15) is 0 Å². The summed E-state index contributed by atoms with van der Waals surface area (Å²) in [5.41, 5.74) is 1.41. The van der Waals surface area contributed by atoms with Crippen LogP contribution in [-0.2, 0) is 11.2 Å². The quantitative estimate of drug-likeness (QED) is 0.824. The van der Waals surface area contributed by atoms with E-state index in [2.05, 4.69) is 11.4 Å². The fraction of sp³-hybridized carbons (Fsp3) is 0.636. The fourth-order valence-corrected chi connectivity index (χ4v) is 3.45. The minimum atomic E-state index is 0.479. The summed E-state index contributed by atoms with van der Waals surface area (Å²) in [5, 5.41) is 3.52. The molecule has 2 nitrogen and oxygen atoms in total. The van der Waals surface area contributed by atoms with Crippen molar-refractivity contribution >= 4 is 22.9 Å². The molecule has 0 saturated carbocycles. The first-order valence-corrected chi connectivity index (χ1v) is 6.51. The first-order valence-electron chi connectivity index (χ1n) is 5.31. The van der Waals surface area contributed by atoms with Gasteiger partial charge in [0.15, 0.2) is 0 Å². The van der Waals surface area contributed by atoms with Gasteiger partial charge in [-0.1, -0.05) is 11.6 Å². The number of halogens is 1. The Morgan fingerprint density at radius 2 is 2.53 bits per heavy atom. The second-order valence-electron chi connectivity index (χ2n) is 3.82. The predicted molar refractivity (Wildman–Crippen MR) is 64.9 cm³/mol. The Kier molecular flexibility index (Phi) is 4.03. The van der Waals surface area contributed by atoms with E-state index >= 15 is 0 Å². The molecule has 0 saturated heterocycles. The molecule has 1 atom stereocenters. The molecule has 1 heterocycles. The van der Waals surface area contributed by atoms with Crippen LogP contribution >= 0.6 is 22.9 Å². The number of rotatable bonds is 4. The van der Waals surface area contributed by atoms with E-state index in [0.717, 1.165) is 17.5 Å². The van der Waals surface area contributed by atoms with Crippen molar-refractivity contribution in [2.24, 2.45) is 0 Å². The number of fused-ring (bicyclic) bond motifs is 1. The minimum absolute atomic E-state index is 0.479. The van der Waals surface area contributed by atoms with Crippen molar-refractivity contribution in [2.75, 3.05) is 20.3 Å². The number of thiophene rings is 1. The Hall–Kier alpha value is -0.0900. The van der Waals surface area contributed by atoms with Gasteiger partial charge < -0.3 is 10.1 Å². The smallest absolute Gasteiger partial charge is 0.0934 e. The monoisotopic (exact) mass is 245 g/mol. The molecule has 0 aromatic carbocycles. The summed E-state index contributed by atoms with van der Waals surface area (Å²) in [4.78, 5) is 1.46. The Morgan fingerprint density at radius 1 is 1.67 bits per heavy atom. The van der Waals surface area contributed by atoms with Crippen molar-refractivity contribution in [2.45, 2.75) is 25.3 Å². The van der Waals surface area contributed by atoms with Crippen LogP contribution in [0.3, 0.4) is 0 Å². The lowest BCUT2D eigenvalue weighted by Crippen LogP contribution is -2.27. The molecule has 1 aromatic heterocycles. The van der Waals surface area contributed by atoms with Crippen LogP contribution in [0.1, 0.15) is 29.3 Å². The third-order valence-electron chi connectivity index (χ3n) is 2.78. The lowest BCUT2D eigenvalue weighted by molar-refractivity contribution is 0.194. The summed E-state index contributed by atoms with van der Waals surface area (Å²) in [6.07, 6.45) is 3.66. The number of ether oxygens (including phenoxy) is 1. The van der Waals surface area contributed by atoms with Crippen LogP contribution in [-0.4, -0.2) is 20.3 Å². The van der Waals surface area contributed by atoms with Crippen molar-refractivity contribution < 1.29 is 4.74 Å². The molecule has 1 N–H and O–H groups in total. The molecule has 2 rings (SSSR count). The lowest BCUT2D eigenvalue weighted by Gasteiger charge is -2.23. The molecule has 0 amide bonds. The van der Waals surface area contributed by atoms with E-state index in [9.17, 15) is 0 Å². The zero-order valence-electron chi connectivity index (χ0n) is 8.88. The topological polar surface area (TPSA) is 21.3 Å². The second-order valence-corrected chi connectivity index (χ2v) is 5.59. The van der Waals surface area contributed by atoms with Crippen LogP contribution in [0.4, 0.5) is 0 Å². The largest absolute Gasteiger partial charge is 0.383 e. The molecule has 15 heavy (non-hydrogen) atoms.